The molecule has 208 valence electrons. The highest BCUT2D eigenvalue weighted by atomic mass is 16.5. The molecule has 9 nitrogen and oxygen atoms in total. The van der Waals surface area contributed by atoms with E-state index in [-0.39, 0.29) is 30.4 Å². The summed E-state index contributed by atoms with van der Waals surface area (Å²) in [4.78, 5) is 46.3. The van der Waals surface area contributed by atoms with Crippen LogP contribution in [0.4, 0.5) is 5.69 Å². The third-order valence-electron chi connectivity index (χ3n) is 7.84. The van der Waals surface area contributed by atoms with E-state index in [1.54, 1.807) is 39.0 Å². The minimum atomic E-state index is -0.208. The molecule has 0 saturated carbocycles. The number of hydrogen-bond acceptors (Lipinski definition) is 6. The highest BCUT2D eigenvalue weighted by Gasteiger charge is 2.29. The van der Waals surface area contributed by atoms with Crippen molar-refractivity contribution in [1.29, 1.82) is 0 Å². The summed E-state index contributed by atoms with van der Waals surface area (Å²) in [5, 5.41) is 0. The lowest BCUT2D eigenvalue weighted by Crippen LogP contribution is -2.52. The van der Waals surface area contributed by atoms with Gasteiger partial charge in [0.1, 0.15) is 18.4 Å². The number of morpholine rings is 1. The lowest BCUT2D eigenvalue weighted by Gasteiger charge is -2.35. The Morgan fingerprint density at radius 1 is 0.795 bits per heavy atom. The Balaban J connectivity index is 1.13. The number of benzene rings is 2. The van der Waals surface area contributed by atoms with Crippen LogP contribution in [0.1, 0.15) is 47.4 Å². The topological polar surface area (TPSA) is 82.6 Å². The van der Waals surface area contributed by atoms with Crippen LogP contribution in [0, 0.1) is 0 Å². The van der Waals surface area contributed by atoms with Gasteiger partial charge in [0.2, 0.25) is 5.91 Å². The zero-order valence-corrected chi connectivity index (χ0v) is 22.9. The van der Waals surface area contributed by atoms with Gasteiger partial charge in [0, 0.05) is 62.1 Å². The Morgan fingerprint density at radius 2 is 1.38 bits per heavy atom. The summed E-state index contributed by atoms with van der Waals surface area (Å²) < 4.78 is 11.5. The van der Waals surface area contributed by atoms with E-state index in [4.69, 9.17) is 9.47 Å². The second-order valence-corrected chi connectivity index (χ2v) is 10.7. The van der Waals surface area contributed by atoms with Crippen molar-refractivity contribution in [3.05, 3.63) is 59.7 Å². The van der Waals surface area contributed by atoms with E-state index in [0.29, 0.717) is 56.6 Å². The fourth-order valence-corrected chi connectivity index (χ4v) is 5.41. The summed E-state index contributed by atoms with van der Waals surface area (Å²) in [7, 11) is 0. The molecule has 39 heavy (non-hydrogen) atoms. The number of amides is 3. The Hall–Kier alpha value is -3.43. The predicted molar refractivity (Wildman–Crippen MR) is 148 cm³/mol. The van der Waals surface area contributed by atoms with Gasteiger partial charge in [-0.1, -0.05) is 0 Å². The van der Waals surface area contributed by atoms with Gasteiger partial charge in [-0.3, -0.25) is 14.4 Å². The van der Waals surface area contributed by atoms with Gasteiger partial charge in [-0.15, -0.1) is 0 Å². The molecule has 2 aromatic rings. The Bertz CT molecular complexity index is 1150. The minimum Gasteiger partial charge on any atom is -0.490 e. The first kappa shape index (κ1) is 27.1. The Kier molecular flexibility index (Phi) is 8.47. The van der Waals surface area contributed by atoms with E-state index in [2.05, 4.69) is 18.7 Å². The van der Waals surface area contributed by atoms with E-state index < -0.39 is 0 Å². The molecule has 3 heterocycles. The van der Waals surface area contributed by atoms with Crippen molar-refractivity contribution in [1.82, 2.24) is 14.7 Å². The van der Waals surface area contributed by atoms with Gasteiger partial charge in [-0.25, -0.2) is 0 Å². The van der Waals surface area contributed by atoms with Crippen molar-refractivity contribution in [3.8, 4) is 5.75 Å². The van der Waals surface area contributed by atoms with Crippen LogP contribution in [0.15, 0.2) is 48.5 Å². The van der Waals surface area contributed by atoms with Crippen molar-refractivity contribution in [3.63, 3.8) is 0 Å². The Labute approximate surface area is 230 Å². The maximum atomic E-state index is 13.1. The highest BCUT2D eigenvalue weighted by Crippen LogP contribution is 2.25. The van der Waals surface area contributed by atoms with Crippen molar-refractivity contribution in [2.45, 2.75) is 38.8 Å². The van der Waals surface area contributed by atoms with Gasteiger partial charge in [0.15, 0.2) is 0 Å². The van der Waals surface area contributed by atoms with Gasteiger partial charge < -0.3 is 29.1 Å². The predicted octanol–water partition coefficient (Wildman–Crippen LogP) is 2.90. The molecule has 3 aliphatic heterocycles. The maximum Gasteiger partial charge on any atom is 0.254 e. The zero-order valence-electron chi connectivity index (χ0n) is 22.9. The summed E-state index contributed by atoms with van der Waals surface area (Å²) >= 11 is 0. The molecule has 9 heteroatoms. The highest BCUT2D eigenvalue weighted by molar-refractivity contribution is 6.02. The lowest BCUT2D eigenvalue weighted by atomic mass is 10.1. The molecule has 0 bridgehead atoms. The number of nitrogens with zero attached hydrogens (tertiary/aromatic N) is 4. The number of hydrogen-bond donors (Lipinski definition) is 0. The van der Waals surface area contributed by atoms with Crippen LogP contribution in [0.2, 0.25) is 0 Å². The van der Waals surface area contributed by atoms with Crippen molar-refractivity contribution in [2.24, 2.45) is 0 Å². The summed E-state index contributed by atoms with van der Waals surface area (Å²) in [5.41, 5.74) is 1.82. The Morgan fingerprint density at radius 3 is 1.95 bits per heavy atom. The zero-order chi connectivity index (χ0) is 27.4. The average Bonchev–Trinajstić information content (AvgIpc) is 2.98. The number of rotatable bonds is 6. The number of piperidine rings is 1. The summed E-state index contributed by atoms with van der Waals surface area (Å²) in [6.45, 7) is 9.65. The summed E-state index contributed by atoms with van der Waals surface area (Å²) in [5.74, 6) is 0.427. The van der Waals surface area contributed by atoms with Gasteiger partial charge in [0.25, 0.3) is 11.8 Å². The molecule has 0 aromatic heterocycles. The van der Waals surface area contributed by atoms with Crippen LogP contribution >= 0.6 is 0 Å². The van der Waals surface area contributed by atoms with Crippen LogP contribution in [-0.2, 0) is 9.53 Å². The van der Waals surface area contributed by atoms with Crippen molar-refractivity contribution < 1.29 is 23.9 Å². The van der Waals surface area contributed by atoms with Gasteiger partial charge >= 0.3 is 0 Å². The molecule has 0 radical (unpaired) electrons. The molecule has 3 saturated heterocycles. The van der Waals surface area contributed by atoms with E-state index in [9.17, 15) is 14.4 Å². The first-order valence-electron chi connectivity index (χ1n) is 14.0. The molecule has 0 unspecified atom stereocenters. The maximum absolute atomic E-state index is 13.1. The van der Waals surface area contributed by atoms with E-state index in [1.165, 1.54) is 0 Å². The first-order chi connectivity index (χ1) is 18.9. The molecule has 5 rings (SSSR count). The average molecular weight is 535 g/mol. The fourth-order valence-electron chi connectivity index (χ4n) is 5.41. The molecule has 2 aromatic carbocycles. The number of anilines is 1. The SMILES string of the molecule is CC(C)N1CCC(Oc2ccc(N3CCN(C(=O)c4ccc(C(=O)N5CCOCC5)cc4)CC3=O)cc2)CC1. The van der Waals surface area contributed by atoms with Gasteiger partial charge in [0.05, 0.1) is 13.2 Å². The molecule has 3 aliphatic rings. The van der Waals surface area contributed by atoms with Crippen LogP contribution in [-0.4, -0.2) is 104 Å². The lowest BCUT2D eigenvalue weighted by molar-refractivity contribution is -0.120. The number of ether oxygens (including phenoxy) is 2. The molecular formula is C30H38N4O5. The molecule has 3 fully saturated rings. The second-order valence-electron chi connectivity index (χ2n) is 10.7. The standard InChI is InChI=1S/C30H38N4O5/c1-22(2)31-13-11-27(12-14-31)39-26-9-7-25(8-10-26)34-16-15-33(21-28(34)35)30(37)24-5-3-23(4-6-24)29(36)32-17-19-38-20-18-32/h3-10,22,27H,11-21H2,1-2H3. The first-order valence-corrected chi connectivity index (χ1v) is 14.0. The smallest absolute Gasteiger partial charge is 0.254 e. The van der Waals surface area contributed by atoms with Crippen LogP contribution in [0.3, 0.4) is 0 Å². The van der Waals surface area contributed by atoms with Crippen LogP contribution in [0.5, 0.6) is 5.75 Å². The van der Waals surface area contributed by atoms with Gasteiger partial charge in [-0.05, 0) is 75.2 Å². The van der Waals surface area contributed by atoms with Crippen molar-refractivity contribution >= 4 is 23.4 Å². The number of likely N-dealkylation sites (tertiary alicyclic amines) is 1. The normalized spacial score (nSPS) is 19.5. The largest absolute Gasteiger partial charge is 0.490 e. The van der Waals surface area contributed by atoms with E-state index in [0.717, 1.165) is 37.4 Å². The van der Waals surface area contributed by atoms with Crippen LogP contribution in [0.25, 0.3) is 0 Å². The molecule has 0 spiro atoms. The summed E-state index contributed by atoms with van der Waals surface area (Å²) in [6, 6.07) is 14.9. The van der Waals surface area contributed by atoms with Gasteiger partial charge in [-0.2, -0.15) is 0 Å². The van der Waals surface area contributed by atoms with Crippen molar-refractivity contribution in [2.75, 3.05) is 63.9 Å². The second kappa shape index (κ2) is 12.2. The quantitative estimate of drug-likeness (QED) is 0.567. The minimum absolute atomic E-state index is 0.0139. The fraction of sp³-hybridized carbons (Fsp3) is 0.500. The molecule has 0 N–H and O–H groups in total. The molecule has 0 atom stereocenters. The third kappa shape index (κ3) is 6.42. The van der Waals surface area contributed by atoms with E-state index in [1.807, 2.05) is 24.3 Å². The van der Waals surface area contributed by atoms with Crippen LogP contribution < -0.4 is 9.64 Å². The summed E-state index contributed by atoms with van der Waals surface area (Å²) in [6.07, 6.45) is 2.25. The van der Waals surface area contributed by atoms with E-state index >= 15 is 0 Å². The third-order valence-corrected chi connectivity index (χ3v) is 7.84. The molecule has 0 aliphatic carbocycles. The molecule has 3 amide bonds. The molecular weight excluding hydrogens is 496 g/mol. The monoisotopic (exact) mass is 534 g/mol. The number of piperazine rings is 1. The number of carbonyl (C=O) groups excluding carboxylic acids is 3. The number of carbonyl (C=O) groups is 3.